The van der Waals surface area contributed by atoms with Crippen LogP contribution in [0.15, 0.2) is 0 Å². The van der Waals surface area contributed by atoms with Gasteiger partial charge in [-0.05, 0) is 0 Å². The standard InChI is InChI=1S/C7H6F5NO3S/c8-6(9,7(10,11)12)5(16)13-2-17-1-3(13)4(14)15/h3H,1-2H2,(H,14,15)/t3-/m0/s1. The molecule has 1 heterocycles. The van der Waals surface area contributed by atoms with Crippen LogP contribution in [0.5, 0.6) is 0 Å². The molecule has 0 aromatic rings. The first-order chi connectivity index (χ1) is 7.59. The minimum absolute atomic E-state index is 0.0283. The fourth-order valence-corrected chi connectivity index (χ4v) is 2.29. The van der Waals surface area contributed by atoms with E-state index in [1.807, 2.05) is 0 Å². The highest BCUT2D eigenvalue weighted by molar-refractivity contribution is 7.99. The second kappa shape index (κ2) is 4.31. The minimum Gasteiger partial charge on any atom is -0.480 e. The Balaban J connectivity index is 2.94. The maximum Gasteiger partial charge on any atom is 0.463 e. The van der Waals surface area contributed by atoms with Crippen molar-refractivity contribution in [3.8, 4) is 0 Å². The van der Waals surface area contributed by atoms with E-state index >= 15 is 0 Å². The Morgan fingerprint density at radius 1 is 1.24 bits per heavy atom. The smallest absolute Gasteiger partial charge is 0.463 e. The Morgan fingerprint density at radius 2 is 1.76 bits per heavy atom. The second-order valence-electron chi connectivity index (χ2n) is 3.20. The van der Waals surface area contributed by atoms with Gasteiger partial charge >= 0.3 is 24.0 Å². The molecule has 0 saturated carbocycles. The molecule has 0 bridgehead atoms. The summed E-state index contributed by atoms with van der Waals surface area (Å²) < 4.78 is 61.1. The van der Waals surface area contributed by atoms with Gasteiger partial charge in [0.1, 0.15) is 6.04 Å². The van der Waals surface area contributed by atoms with Gasteiger partial charge in [-0.2, -0.15) is 22.0 Å². The number of nitrogens with zero attached hydrogens (tertiary/aromatic N) is 1. The van der Waals surface area contributed by atoms with Crippen molar-refractivity contribution in [1.82, 2.24) is 4.90 Å². The van der Waals surface area contributed by atoms with Crippen LogP contribution >= 0.6 is 11.8 Å². The normalized spacial score (nSPS) is 21.7. The first kappa shape index (κ1) is 14.0. The van der Waals surface area contributed by atoms with Crippen LogP contribution in [0.4, 0.5) is 22.0 Å². The lowest BCUT2D eigenvalue weighted by molar-refractivity contribution is -0.274. The number of carbonyl (C=O) groups is 2. The lowest BCUT2D eigenvalue weighted by atomic mass is 10.2. The quantitative estimate of drug-likeness (QED) is 0.771. The highest BCUT2D eigenvalue weighted by Gasteiger charge is 2.65. The molecule has 1 rings (SSSR count). The number of rotatable bonds is 2. The molecular weight excluding hydrogens is 273 g/mol. The molecule has 1 N–H and O–H groups in total. The topological polar surface area (TPSA) is 57.6 Å². The van der Waals surface area contributed by atoms with Gasteiger partial charge in [-0.25, -0.2) is 4.79 Å². The summed E-state index contributed by atoms with van der Waals surface area (Å²) in [6.07, 6.45) is -6.03. The summed E-state index contributed by atoms with van der Waals surface area (Å²) in [5.41, 5.74) is 0. The number of carboxylic acids is 1. The fraction of sp³-hybridized carbons (Fsp3) is 0.714. The molecule has 0 aromatic carbocycles. The molecule has 1 aliphatic heterocycles. The molecule has 1 amide bonds. The lowest BCUT2D eigenvalue weighted by Crippen LogP contribution is -2.55. The van der Waals surface area contributed by atoms with Crippen LogP contribution in [0.3, 0.4) is 0 Å². The van der Waals surface area contributed by atoms with Gasteiger partial charge in [0.25, 0.3) is 0 Å². The van der Waals surface area contributed by atoms with Crippen molar-refractivity contribution in [3.05, 3.63) is 0 Å². The Kier molecular flexibility index (Phi) is 3.55. The van der Waals surface area contributed by atoms with Gasteiger partial charge in [0.05, 0.1) is 5.88 Å². The average molecular weight is 279 g/mol. The predicted octanol–water partition coefficient (Wildman–Crippen LogP) is 1.17. The molecule has 0 unspecified atom stereocenters. The predicted molar refractivity (Wildman–Crippen MR) is 46.6 cm³/mol. The van der Waals surface area contributed by atoms with E-state index in [2.05, 4.69) is 0 Å². The summed E-state index contributed by atoms with van der Waals surface area (Å²) in [6, 6.07) is -1.65. The first-order valence-electron chi connectivity index (χ1n) is 4.15. The van der Waals surface area contributed by atoms with Gasteiger partial charge in [0, 0.05) is 5.75 Å². The Hall–Kier alpha value is -1.06. The van der Waals surface area contributed by atoms with Crippen molar-refractivity contribution in [2.24, 2.45) is 0 Å². The molecule has 1 fully saturated rings. The summed E-state index contributed by atoms with van der Waals surface area (Å²) in [7, 11) is 0. The number of hydrogen-bond donors (Lipinski definition) is 1. The largest absolute Gasteiger partial charge is 0.480 e. The molecule has 0 aliphatic carbocycles. The highest BCUT2D eigenvalue weighted by Crippen LogP contribution is 2.38. The summed E-state index contributed by atoms with van der Waals surface area (Å²) in [4.78, 5) is 21.6. The maximum absolute atomic E-state index is 12.7. The number of amides is 1. The first-order valence-corrected chi connectivity index (χ1v) is 5.30. The van der Waals surface area contributed by atoms with Crippen LogP contribution in [0.25, 0.3) is 0 Å². The van der Waals surface area contributed by atoms with Crippen molar-refractivity contribution in [2.45, 2.75) is 18.1 Å². The number of carboxylic acid groups (broad SMARTS) is 1. The zero-order valence-corrected chi connectivity index (χ0v) is 8.82. The SMILES string of the molecule is O=C(O)[C@@H]1CSCN1C(=O)C(F)(F)C(F)(F)F. The second-order valence-corrected chi connectivity index (χ2v) is 4.20. The number of hydrogen-bond acceptors (Lipinski definition) is 3. The molecule has 0 spiro atoms. The van der Waals surface area contributed by atoms with E-state index in [4.69, 9.17) is 5.11 Å². The van der Waals surface area contributed by atoms with Crippen molar-refractivity contribution in [1.29, 1.82) is 0 Å². The molecule has 1 saturated heterocycles. The molecule has 0 radical (unpaired) electrons. The molecule has 10 heteroatoms. The van der Waals surface area contributed by atoms with Gasteiger partial charge in [-0.1, -0.05) is 0 Å². The maximum atomic E-state index is 12.7. The van der Waals surface area contributed by atoms with Crippen molar-refractivity contribution in [3.63, 3.8) is 0 Å². The van der Waals surface area contributed by atoms with Crippen LogP contribution < -0.4 is 0 Å². The van der Waals surface area contributed by atoms with E-state index in [-0.39, 0.29) is 10.7 Å². The third kappa shape index (κ3) is 2.45. The zero-order valence-electron chi connectivity index (χ0n) is 8.00. The van der Waals surface area contributed by atoms with Crippen LogP contribution in [-0.4, -0.2) is 51.7 Å². The lowest BCUT2D eigenvalue weighted by Gasteiger charge is -2.26. The van der Waals surface area contributed by atoms with Crippen LogP contribution in [0, 0.1) is 0 Å². The highest BCUT2D eigenvalue weighted by atomic mass is 32.2. The third-order valence-corrected chi connectivity index (χ3v) is 3.07. The fourth-order valence-electron chi connectivity index (χ4n) is 1.15. The summed E-state index contributed by atoms with van der Waals surface area (Å²) in [6.45, 7) is 0. The Morgan fingerprint density at radius 3 is 2.18 bits per heavy atom. The zero-order chi connectivity index (χ0) is 13.4. The number of aliphatic carboxylic acids is 1. The third-order valence-electron chi connectivity index (χ3n) is 2.05. The number of halogens is 5. The van der Waals surface area contributed by atoms with E-state index in [1.165, 1.54) is 0 Å². The average Bonchev–Trinajstić information content (AvgIpc) is 2.62. The Labute approximate surface area is 95.8 Å². The van der Waals surface area contributed by atoms with Crippen molar-refractivity contribution in [2.75, 3.05) is 11.6 Å². The molecule has 17 heavy (non-hydrogen) atoms. The number of thioether (sulfide) groups is 1. The number of alkyl halides is 5. The minimum atomic E-state index is -6.03. The van der Waals surface area contributed by atoms with Gasteiger partial charge in [-0.15, -0.1) is 11.8 Å². The van der Waals surface area contributed by atoms with Crippen LogP contribution in [0.1, 0.15) is 0 Å². The molecule has 1 atom stereocenters. The van der Waals surface area contributed by atoms with Crippen LogP contribution in [0.2, 0.25) is 0 Å². The molecule has 0 aromatic heterocycles. The summed E-state index contributed by atoms with van der Waals surface area (Å²) in [5.74, 6) is -10.4. The molecule has 1 aliphatic rings. The van der Waals surface area contributed by atoms with E-state index in [0.29, 0.717) is 0 Å². The van der Waals surface area contributed by atoms with Gasteiger partial charge in [0.15, 0.2) is 0 Å². The molecule has 98 valence electrons. The van der Waals surface area contributed by atoms with E-state index < -0.39 is 35.9 Å². The van der Waals surface area contributed by atoms with Gasteiger partial charge < -0.3 is 10.0 Å². The molecule has 4 nitrogen and oxygen atoms in total. The van der Waals surface area contributed by atoms with E-state index in [9.17, 15) is 31.5 Å². The van der Waals surface area contributed by atoms with E-state index in [1.54, 1.807) is 0 Å². The van der Waals surface area contributed by atoms with Gasteiger partial charge in [0.2, 0.25) is 0 Å². The van der Waals surface area contributed by atoms with Crippen molar-refractivity contribution >= 4 is 23.6 Å². The van der Waals surface area contributed by atoms with Crippen molar-refractivity contribution < 1.29 is 36.6 Å². The summed E-state index contributed by atoms with van der Waals surface area (Å²) in [5, 5.41) is 8.57. The van der Waals surface area contributed by atoms with Gasteiger partial charge in [-0.3, -0.25) is 4.79 Å². The Bertz CT molecular complexity index is 345. The monoisotopic (exact) mass is 279 g/mol. The van der Waals surface area contributed by atoms with Crippen LogP contribution in [-0.2, 0) is 9.59 Å². The molecular formula is C7H6F5NO3S. The van der Waals surface area contributed by atoms with E-state index in [0.717, 1.165) is 11.8 Å². The number of carbonyl (C=O) groups excluding carboxylic acids is 1. The summed E-state index contributed by atoms with van der Waals surface area (Å²) >= 11 is 0.797.